The minimum absolute atomic E-state index is 0.149. The molecule has 1 aliphatic rings. The first-order valence-electron chi connectivity index (χ1n) is 8.84. The Bertz CT molecular complexity index is 893. The van der Waals surface area contributed by atoms with Crippen LogP contribution < -0.4 is 9.62 Å². The normalized spacial score (nSPS) is 13.9. The van der Waals surface area contributed by atoms with Gasteiger partial charge in [-0.05, 0) is 41.7 Å². The number of hydrogen-bond donors (Lipinski definition) is 1. The zero-order chi connectivity index (χ0) is 18.7. The number of rotatable bonds is 6. The molecule has 0 aromatic heterocycles. The lowest BCUT2D eigenvalue weighted by Gasteiger charge is -2.18. The maximum atomic E-state index is 12.4. The van der Waals surface area contributed by atoms with E-state index in [9.17, 15) is 13.2 Å². The first kappa shape index (κ1) is 18.6. The molecule has 0 radical (unpaired) electrons. The van der Waals surface area contributed by atoms with Gasteiger partial charge >= 0.3 is 0 Å². The fourth-order valence-corrected chi connectivity index (χ4v) is 4.18. The molecule has 2 aromatic rings. The number of nitrogens with zero attached hydrogens (tertiary/aromatic N) is 1. The number of nitrogens with one attached hydrogen (secondary N) is 1. The fourth-order valence-electron chi connectivity index (χ4n) is 3.14. The Hall–Kier alpha value is -2.18. The SMILES string of the molecule is CC(C)CC(=O)N1CCc2cc(CNS(=O)(=O)c3ccccc3)ccc21. The molecule has 1 N–H and O–H groups in total. The molecule has 0 bridgehead atoms. The molecular formula is C20H24N2O3S. The van der Waals surface area contributed by atoms with Gasteiger partial charge in [-0.25, -0.2) is 13.1 Å². The Morgan fingerprint density at radius 1 is 1.15 bits per heavy atom. The predicted octanol–water partition coefficient (Wildman–Crippen LogP) is 3.10. The van der Waals surface area contributed by atoms with E-state index < -0.39 is 10.0 Å². The lowest BCUT2D eigenvalue weighted by atomic mass is 10.1. The second-order valence-corrected chi connectivity index (χ2v) is 8.76. The second kappa shape index (κ2) is 7.60. The van der Waals surface area contributed by atoms with Crippen LogP contribution in [0.3, 0.4) is 0 Å². The summed E-state index contributed by atoms with van der Waals surface area (Å²) >= 11 is 0. The summed E-state index contributed by atoms with van der Waals surface area (Å²) < 4.78 is 27.3. The summed E-state index contributed by atoms with van der Waals surface area (Å²) in [6.45, 7) is 5.00. The van der Waals surface area contributed by atoms with Crippen molar-refractivity contribution in [1.29, 1.82) is 0 Å². The predicted molar refractivity (Wildman–Crippen MR) is 102 cm³/mol. The summed E-state index contributed by atoms with van der Waals surface area (Å²) in [6, 6.07) is 14.1. The Labute approximate surface area is 155 Å². The molecule has 0 spiro atoms. The Balaban J connectivity index is 1.70. The van der Waals surface area contributed by atoms with Crippen LogP contribution >= 0.6 is 0 Å². The van der Waals surface area contributed by atoms with E-state index in [1.165, 1.54) is 0 Å². The molecular weight excluding hydrogens is 348 g/mol. The van der Waals surface area contributed by atoms with Gasteiger partial charge in [0.25, 0.3) is 0 Å². The van der Waals surface area contributed by atoms with E-state index in [0.717, 1.165) is 23.2 Å². The minimum Gasteiger partial charge on any atom is -0.312 e. The number of hydrogen-bond acceptors (Lipinski definition) is 3. The summed E-state index contributed by atoms with van der Waals surface area (Å²) in [5.74, 6) is 0.481. The molecule has 5 nitrogen and oxygen atoms in total. The molecule has 1 heterocycles. The molecule has 0 unspecified atom stereocenters. The summed E-state index contributed by atoms with van der Waals surface area (Å²) in [7, 11) is -3.52. The first-order chi connectivity index (χ1) is 12.4. The van der Waals surface area contributed by atoms with Crippen molar-refractivity contribution in [3.05, 3.63) is 59.7 Å². The Morgan fingerprint density at radius 3 is 2.58 bits per heavy atom. The highest BCUT2D eigenvalue weighted by molar-refractivity contribution is 7.89. The lowest BCUT2D eigenvalue weighted by molar-refractivity contribution is -0.119. The first-order valence-corrected chi connectivity index (χ1v) is 10.3. The van der Waals surface area contributed by atoms with Gasteiger partial charge < -0.3 is 4.90 Å². The summed E-state index contributed by atoms with van der Waals surface area (Å²) in [5.41, 5.74) is 2.94. The third-order valence-corrected chi connectivity index (χ3v) is 5.86. The van der Waals surface area contributed by atoms with E-state index in [2.05, 4.69) is 4.72 Å². The largest absolute Gasteiger partial charge is 0.312 e. The summed E-state index contributed by atoms with van der Waals surface area (Å²) in [6.07, 6.45) is 1.34. The van der Waals surface area contributed by atoms with Crippen molar-refractivity contribution in [2.24, 2.45) is 5.92 Å². The third-order valence-electron chi connectivity index (χ3n) is 4.44. The molecule has 0 saturated carbocycles. The number of benzene rings is 2. The topological polar surface area (TPSA) is 66.5 Å². The van der Waals surface area contributed by atoms with Crippen LogP contribution in [0.2, 0.25) is 0 Å². The van der Waals surface area contributed by atoms with E-state index in [4.69, 9.17) is 0 Å². The van der Waals surface area contributed by atoms with Gasteiger partial charge in [-0.15, -0.1) is 0 Å². The Kier molecular flexibility index (Phi) is 5.44. The highest BCUT2D eigenvalue weighted by Gasteiger charge is 2.25. The van der Waals surface area contributed by atoms with Gasteiger partial charge in [0.1, 0.15) is 0 Å². The number of anilines is 1. The van der Waals surface area contributed by atoms with E-state index in [1.54, 1.807) is 30.3 Å². The second-order valence-electron chi connectivity index (χ2n) is 6.99. The molecule has 0 aliphatic carbocycles. The molecule has 2 aromatic carbocycles. The van der Waals surface area contributed by atoms with Crippen LogP contribution in [-0.2, 0) is 27.8 Å². The highest BCUT2D eigenvalue weighted by atomic mass is 32.2. The van der Waals surface area contributed by atoms with Gasteiger partial charge in [-0.3, -0.25) is 4.79 Å². The van der Waals surface area contributed by atoms with E-state index in [0.29, 0.717) is 18.9 Å². The minimum atomic E-state index is -3.52. The molecule has 1 aliphatic heterocycles. The highest BCUT2D eigenvalue weighted by Crippen LogP contribution is 2.30. The van der Waals surface area contributed by atoms with Gasteiger partial charge in [0.05, 0.1) is 4.90 Å². The van der Waals surface area contributed by atoms with Crippen molar-refractivity contribution >= 4 is 21.6 Å². The van der Waals surface area contributed by atoms with E-state index in [1.807, 2.05) is 36.9 Å². The number of carbonyl (C=O) groups is 1. The van der Waals surface area contributed by atoms with Crippen LogP contribution in [0, 0.1) is 5.92 Å². The number of carbonyl (C=O) groups excluding carboxylic acids is 1. The number of fused-ring (bicyclic) bond motifs is 1. The molecule has 138 valence electrons. The molecule has 6 heteroatoms. The van der Waals surface area contributed by atoms with Crippen molar-refractivity contribution in [3.63, 3.8) is 0 Å². The van der Waals surface area contributed by atoms with Gasteiger partial charge in [-0.2, -0.15) is 0 Å². The quantitative estimate of drug-likeness (QED) is 0.847. The van der Waals surface area contributed by atoms with Crippen LogP contribution in [0.4, 0.5) is 5.69 Å². The van der Waals surface area contributed by atoms with Gasteiger partial charge in [0.15, 0.2) is 0 Å². The van der Waals surface area contributed by atoms with Crippen LogP contribution in [-0.4, -0.2) is 20.9 Å². The average Bonchev–Trinajstić information content (AvgIpc) is 3.03. The van der Waals surface area contributed by atoms with Crippen LogP contribution in [0.15, 0.2) is 53.4 Å². The van der Waals surface area contributed by atoms with Gasteiger partial charge in [-0.1, -0.05) is 44.2 Å². The van der Waals surface area contributed by atoms with E-state index >= 15 is 0 Å². The molecule has 0 atom stereocenters. The number of amides is 1. The van der Waals surface area contributed by atoms with Crippen LogP contribution in [0.1, 0.15) is 31.4 Å². The zero-order valence-electron chi connectivity index (χ0n) is 15.1. The van der Waals surface area contributed by atoms with Crippen molar-refractivity contribution in [2.45, 2.75) is 38.1 Å². The van der Waals surface area contributed by atoms with Crippen LogP contribution in [0.25, 0.3) is 0 Å². The Morgan fingerprint density at radius 2 is 1.88 bits per heavy atom. The van der Waals surface area contributed by atoms with E-state index in [-0.39, 0.29) is 17.3 Å². The zero-order valence-corrected chi connectivity index (χ0v) is 15.9. The third kappa shape index (κ3) is 4.14. The standard InChI is InChI=1S/C20H24N2O3S/c1-15(2)12-20(23)22-11-10-17-13-16(8-9-19(17)22)14-21-26(24,25)18-6-4-3-5-7-18/h3-9,13,15,21H,10-12,14H2,1-2H3. The fraction of sp³-hybridized carbons (Fsp3) is 0.350. The van der Waals surface area contributed by atoms with Crippen molar-refractivity contribution in [2.75, 3.05) is 11.4 Å². The summed E-state index contributed by atoms with van der Waals surface area (Å²) in [4.78, 5) is 14.4. The maximum Gasteiger partial charge on any atom is 0.240 e. The maximum absolute atomic E-state index is 12.4. The monoisotopic (exact) mass is 372 g/mol. The molecule has 3 rings (SSSR count). The van der Waals surface area contributed by atoms with Crippen LogP contribution in [0.5, 0.6) is 0 Å². The van der Waals surface area contributed by atoms with Crippen molar-refractivity contribution < 1.29 is 13.2 Å². The lowest BCUT2D eigenvalue weighted by Crippen LogP contribution is -2.29. The molecule has 26 heavy (non-hydrogen) atoms. The smallest absolute Gasteiger partial charge is 0.240 e. The van der Waals surface area contributed by atoms with Crippen molar-refractivity contribution in [1.82, 2.24) is 4.72 Å². The molecule has 1 amide bonds. The molecule has 0 fully saturated rings. The summed E-state index contributed by atoms with van der Waals surface area (Å²) in [5, 5.41) is 0. The van der Waals surface area contributed by atoms with Crippen molar-refractivity contribution in [3.8, 4) is 0 Å². The molecule has 0 saturated heterocycles. The van der Waals surface area contributed by atoms with Gasteiger partial charge in [0, 0.05) is 25.2 Å². The van der Waals surface area contributed by atoms with Gasteiger partial charge in [0.2, 0.25) is 15.9 Å². The average molecular weight is 372 g/mol. The number of sulfonamides is 1.